The Morgan fingerprint density at radius 3 is 2.47 bits per heavy atom. The van der Waals surface area contributed by atoms with E-state index in [9.17, 15) is 22.8 Å². The molecule has 0 radical (unpaired) electrons. The molecule has 3 fully saturated rings. The van der Waals surface area contributed by atoms with Gasteiger partial charge in [0.2, 0.25) is 21.8 Å². The summed E-state index contributed by atoms with van der Waals surface area (Å²) in [5.41, 5.74) is 0.414. The number of fused-ring (bicyclic) bond motifs is 1. The molecule has 10 nitrogen and oxygen atoms in total. The third-order valence-electron chi connectivity index (χ3n) is 6.52. The quantitative estimate of drug-likeness (QED) is 0.550. The molecule has 0 spiro atoms. The number of ketones is 1. The lowest BCUT2D eigenvalue weighted by atomic mass is 10.1. The first kappa shape index (κ1) is 22.8. The van der Waals surface area contributed by atoms with Gasteiger partial charge in [-0.2, -0.15) is 4.31 Å². The fourth-order valence-electron chi connectivity index (χ4n) is 4.74. The van der Waals surface area contributed by atoms with Gasteiger partial charge in [-0.25, -0.2) is 8.42 Å². The Hall–Kier alpha value is -2.37. The second-order valence-corrected chi connectivity index (χ2v) is 10.6. The Kier molecular flexibility index (Phi) is 6.59. The van der Waals surface area contributed by atoms with Crippen LogP contribution in [0.5, 0.6) is 0 Å². The van der Waals surface area contributed by atoms with Crippen molar-refractivity contribution in [1.82, 2.24) is 24.0 Å². The maximum atomic E-state index is 13.0. The molecule has 0 bridgehead atoms. The zero-order valence-electron chi connectivity index (χ0n) is 18.2. The van der Waals surface area contributed by atoms with Gasteiger partial charge in [-0.1, -0.05) is 6.07 Å². The lowest BCUT2D eigenvalue weighted by molar-refractivity contribution is -0.139. The molecule has 1 aromatic heterocycles. The van der Waals surface area contributed by atoms with Gasteiger partial charge >= 0.3 is 0 Å². The number of carbonyl (C=O) groups excluding carboxylic acids is 3. The van der Waals surface area contributed by atoms with Crippen LogP contribution in [-0.2, 0) is 30.2 Å². The van der Waals surface area contributed by atoms with E-state index in [1.807, 2.05) is 7.05 Å². The van der Waals surface area contributed by atoms with Gasteiger partial charge in [-0.3, -0.25) is 19.4 Å². The van der Waals surface area contributed by atoms with Gasteiger partial charge in [0.05, 0.1) is 18.3 Å². The average Bonchev–Trinajstić information content (AvgIpc) is 3.34. The van der Waals surface area contributed by atoms with E-state index in [1.54, 1.807) is 23.1 Å². The number of hydrogen-bond donors (Lipinski definition) is 0. The zero-order chi connectivity index (χ0) is 22.9. The van der Waals surface area contributed by atoms with Crippen LogP contribution in [0.4, 0.5) is 0 Å². The van der Waals surface area contributed by atoms with E-state index in [0.717, 1.165) is 13.1 Å². The maximum absolute atomic E-state index is 13.0. The molecule has 2 atom stereocenters. The van der Waals surface area contributed by atoms with Crippen LogP contribution in [0.15, 0.2) is 24.4 Å². The Balaban J connectivity index is 1.36. The normalized spacial score (nSPS) is 24.7. The third-order valence-corrected chi connectivity index (χ3v) is 8.30. The number of likely N-dealkylation sites (N-methyl/N-ethyl adjacent to an activating group) is 1. The van der Waals surface area contributed by atoms with Crippen LogP contribution in [0.25, 0.3) is 0 Å². The summed E-state index contributed by atoms with van der Waals surface area (Å²) in [6.45, 7) is 3.02. The van der Waals surface area contributed by atoms with Crippen molar-refractivity contribution < 1.29 is 22.8 Å². The minimum atomic E-state index is -3.75. The van der Waals surface area contributed by atoms with Crippen molar-refractivity contribution in [1.29, 1.82) is 0 Å². The molecule has 3 aliphatic heterocycles. The molecule has 4 rings (SSSR count). The lowest BCUT2D eigenvalue weighted by Crippen LogP contribution is -2.47. The number of nitrogens with zero attached hydrogens (tertiary/aromatic N) is 5. The Morgan fingerprint density at radius 1 is 1.06 bits per heavy atom. The van der Waals surface area contributed by atoms with E-state index < -0.39 is 22.1 Å². The summed E-state index contributed by atoms with van der Waals surface area (Å²) in [6, 6.07) is 3.75. The summed E-state index contributed by atoms with van der Waals surface area (Å²) in [5, 5.41) is 0. The molecule has 174 valence electrons. The van der Waals surface area contributed by atoms with Gasteiger partial charge in [0.25, 0.3) is 0 Å². The molecule has 4 heterocycles. The summed E-state index contributed by atoms with van der Waals surface area (Å²) in [6.07, 6.45) is 2.08. The van der Waals surface area contributed by atoms with Crippen LogP contribution in [-0.4, -0.2) is 108 Å². The van der Waals surface area contributed by atoms with Crippen molar-refractivity contribution in [2.24, 2.45) is 0 Å². The standard InChI is InChI=1S/C21H29N5O5S/c1-23-10-12-24(13-11-23)19(28)5-6-20(29)25-9-7-17-21(25)18(27)14-26(17)32(30,31)15-16-4-2-3-8-22-16/h2-4,8,17,21H,5-7,9-15H2,1H3. The number of amides is 2. The molecule has 1 aromatic rings. The van der Waals surface area contributed by atoms with Crippen LogP contribution >= 0.6 is 0 Å². The maximum Gasteiger partial charge on any atom is 0.223 e. The minimum Gasteiger partial charge on any atom is -0.340 e. The smallest absolute Gasteiger partial charge is 0.223 e. The highest BCUT2D eigenvalue weighted by molar-refractivity contribution is 7.88. The first-order chi connectivity index (χ1) is 15.3. The minimum absolute atomic E-state index is 0.0301. The van der Waals surface area contributed by atoms with Gasteiger partial charge in [-0.15, -0.1) is 0 Å². The number of carbonyl (C=O) groups is 3. The Labute approximate surface area is 188 Å². The lowest BCUT2D eigenvalue weighted by Gasteiger charge is -2.32. The zero-order valence-corrected chi connectivity index (χ0v) is 19.0. The van der Waals surface area contributed by atoms with Crippen molar-refractivity contribution in [3.05, 3.63) is 30.1 Å². The Morgan fingerprint density at radius 2 is 1.78 bits per heavy atom. The molecule has 0 aliphatic carbocycles. The van der Waals surface area contributed by atoms with E-state index >= 15 is 0 Å². The topological polar surface area (TPSA) is 111 Å². The van der Waals surface area contributed by atoms with E-state index in [1.165, 1.54) is 15.4 Å². The van der Waals surface area contributed by atoms with Gasteiger partial charge in [0, 0.05) is 51.8 Å². The molecule has 0 aromatic carbocycles. The molecule has 3 aliphatic rings. The molecule has 11 heteroatoms. The molecule has 0 saturated carbocycles. The summed E-state index contributed by atoms with van der Waals surface area (Å²) >= 11 is 0. The fraction of sp³-hybridized carbons (Fsp3) is 0.619. The second-order valence-electron chi connectivity index (χ2n) is 8.66. The van der Waals surface area contributed by atoms with Gasteiger partial charge in [0.1, 0.15) is 11.8 Å². The molecule has 2 amide bonds. The largest absolute Gasteiger partial charge is 0.340 e. The predicted molar refractivity (Wildman–Crippen MR) is 116 cm³/mol. The number of pyridine rings is 1. The van der Waals surface area contributed by atoms with E-state index in [0.29, 0.717) is 31.7 Å². The number of hydrogen-bond acceptors (Lipinski definition) is 7. The molecule has 3 saturated heterocycles. The van der Waals surface area contributed by atoms with Gasteiger partial charge in [0.15, 0.2) is 5.78 Å². The van der Waals surface area contributed by atoms with Crippen LogP contribution in [0, 0.1) is 0 Å². The number of rotatable bonds is 6. The summed E-state index contributed by atoms with van der Waals surface area (Å²) in [4.78, 5) is 47.5. The fourth-order valence-corrected chi connectivity index (χ4v) is 6.41. The summed E-state index contributed by atoms with van der Waals surface area (Å²) < 4.78 is 27.1. The average molecular weight is 464 g/mol. The second kappa shape index (κ2) is 9.24. The van der Waals surface area contributed by atoms with Crippen molar-refractivity contribution in [3.63, 3.8) is 0 Å². The van der Waals surface area contributed by atoms with E-state index in [4.69, 9.17) is 0 Å². The van der Waals surface area contributed by atoms with Crippen molar-refractivity contribution in [3.8, 4) is 0 Å². The first-order valence-electron chi connectivity index (χ1n) is 10.9. The number of aromatic nitrogens is 1. The number of Topliss-reactive ketones (excluding diaryl/α,β-unsaturated/α-hetero) is 1. The number of sulfonamides is 1. The highest BCUT2D eigenvalue weighted by atomic mass is 32.2. The molecular weight excluding hydrogens is 434 g/mol. The highest BCUT2D eigenvalue weighted by Crippen LogP contribution is 2.33. The molecule has 0 N–H and O–H groups in total. The molecule has 32 heavy (non-hydrogen) atoms. The summed E-state index contributed by atoms with van der Waals surface area (Å²) in [5.74, 6) is -0.870. The van der Waals surface area contributed by atoms with Crippen LogP contribution in [0.3, 0.4) is 0 Å². The molecule has 2 unspecified atom stereocenters. The monoisotopic (exact) mass is 463 g/mol. The number of piperazine rings is 1. The third kappa shape index (κ3) is 4.69. The van der Waals surface area contributed by atoms with E-state index in [-0.39, 0.29) is 42.7 Å². The summed E-state index contributed by atoms with van der Waals surface area (Å²) in [7, 11) is -1.74. The van der Waals surface area contributed by atoms with Crippen molar-refractivity contribution >= 4 is 27.6 Å². The number of likely N-dealkylation sites (tertiary alicyclic amines) is 1. The molecular formula is C21H29N5O5S. The van der Waals surface area contributed by atoms with Crippen molar-refractivity contribution in [2.45, 2.75) is 37.1 Å². The van der Waals surface area contributed by atoms with E-state index in [2.05, 4.69) is 9.88 Å². The first-order valence-corrected chi connectivity index (χ1v) is 12.5. The van der Waals surface area contributed by atoms with Gasteiger partial charge < -0.3 is 14.7 Å². The van der Waals surface area contributed by atoms with Crippen LogP contribution in [0.2, 0.25) is 0 Å². The Bertz CT molecular complexity index is 978. The van der Waals surface area contributed by atoms with Gasteiger partial charge in [-0.05, 0) is 25.6 Å². The predicted octanol–water partition coefficient (Wildman–Crippen LogP) is -0.680. The highest BCUT2D eigenvalue weighted by Gasteiger charge is 2.53. The SMILES string of the molecule is CN1CCN(C(=O)CCC(=O)N2CCC3C2C(=O)CN3S(=O)(=O)Cc2ccccn2)CC1. The van der Waals surface area contributed by atoms with Crippen molar-refractivity contribution in [2.75, 3.05) is 46.3 Å². The van der Waals surface area contributed by atoms with Crippen LogP contribution in [0.1, 0.15) is 25.0 Å². The van der Waals surface area contributed by atoms with Crippen LogP contribution < -0.4 is 0 Å².